The number of esters is 1. The molecule has 0 unspecified atom stereocenters. The Morgan fingerprint density at radius 3 is 2.44 bits per heavy atom. The van der Waals surface area contributed by atoms with E-state index in [1.54, 1.807) is 11.8 Å². The summed E-state index contributed by atoms with van der Waals surface area (Å²) in [5, 5.41) is 0. The number of carbonyl (C=O) groups is 2. The van der Waals surface area contributed by atoms with E-state index in [9.17, 15) is 9.59 Å². The van der Waals surface area contributed by atoms with E-state index in [-0.39, 0.29) is 18.4 Å². The van der Waals surface area contributed by atoms with Crippen LogP contribution >= 0.6 is 0 Å². The first-order chi connectivity index (χ1) is 8.67. The summed E-state index contributed by atoms with van der Waals surface area (Å²) < 4.78 is 4.87. The van der Waals surface area contributed by atoms with Crippen molar-refractivity contribution in [3.05, 3.63) is 0 Å². The average molecular weight is 255 g/mol. The van der Waals surface area contributed by atoms with E-state index in [0.717, 1.165) is 12.3 Å². The summed E-state index contributed by atoms with van der Waals surface area (Å²) in [5.41, 5.74) is 0. The summed E-state index contributed by atoms with van der Waals surface area (Å²) in [5.74, 6) is 0.487. The van der Waals surface area contributed by atoms with Crippen LogP contribution in [0.1, 0.15) is 52.4 Å². The normalized spacial score (nSPS) is 15.7. The quantitative estimate of drug-likeness (QED) is 0.656. The van der Waals surface area contributed by atoms with Crippen molar-refractivity contribution in [2.24, 2.45) is 5.92 Å². The van der Waals surface area contributed by atoms with Crippen molar-refractivity contribution in [1.29, 1.82) is 0 Å². The molecule has 4 nitrogen and oxygen atoms in total. The first-order valence-corrected chi connectivity index (χ1v) is 7.10. The Bertz CT molecular complexity index is 272. The van der Waals surface area contributed by atoms with Gasteiger partial charge < -0.3 is 9.64 Å². The van der Waals surface area contributed by atoms with Gasteiger partial charge in [0.1, 0.15) is 6.54 Å². The summed E-state index contributed by atoms with van der Waals surface area (Å²) in [6.45, 7) is 4.70. The maximum atomic E-state index is 12.0. The van der Waals surface area contributed by atoms with Gasteiger partial charge in [0.05, 0.1) is 6.61 Å². The smallest absolute Gasteiger partial charge is 0.325 e. The molecule has 0 spiro atoms. The monoisotopic (exact) mass is 255 g/mol. The predicted molar refractivity (Wildman–Crippen MR) is 70.1 cm³/mol. The van der Waals surface area contributed by atoms with E-state index in [1.807, 2.05) is 6.92 Å². The van der Waals surface area contributed by atoms with Crippen LogP contribution in [0.15, 0.2) is 0 Å². The largest absolute Gasteiger partial charge is 0.465 e. The zero-order valence-corrected chi connectivity index (χ0v) is 11.6. The van der Waals surface area contributed by atoms with Gasteiger partial charge in [0.2, 0.25) is 5.91 Å². The van der Waals surface area contributed by atoms with Crippen molar-refractivity contribution in [3.63, 3.8) is 0 Å². The standard InChI is InChI=1S/C14H25NO3/c1-3-15(11-14(17)18-4-2)13(16)10-9-12-7-5-6-8-12/h12H,3-11H2,1-2H3. The maximum Gasteiger partial charge on any atom is 0.325 e. The number of hydrogen-bond acceptors (Lipinski definition) is 3. The van der Waals surface area contributed by atoms with Gasteiger partial charge in [-0.1, -0.05) is 25.7 Å². The minimum atomic E-state index is -0.312. The number of likely N-dealkylation sites (N-methyl/N-ethyl adjacent to an activating group) is 1. The van der Waals surface area contributed by atoms with Crippen molar-refractivity contribution < 1.29 is 14.3 Å². The first kappa shape index (κ1) is 15.0. The van der Waals surface area contributed by atoms with Crippen molar-refractivity contribution in [2.75, 3.05) is 19.7 Å². The highest BCUT2D eigenvalue weighted by Crippen LogP contribution is 2.28. The second-order valence-electron chi connectivity index (χ2n) is 4.90. The molecule has 104 valence electrons. The van der Waals surface area contributed by atoms with Crippen LogP contribution in [-0.2, 0) is 14.3 Å². The average Bonchev–Trinajstić information content (AvgIpc) is 2.86. The molecule has 0 atom stereocenters. The molecule has 0 aromatic heterocycles. The number of carbonyl (C=O) groups excluding carboxylic acids is 2. The van der Waals surface area contributed by atoms with Crippen LogP contribution in [0.4, 0.5) is 0 Å². The van der Waals surface area contributed by atoms with Crippen LogP contribution in [-0.4, -0.2) is 36.5 Å². The van der Waals surface area contributed by atoms with Gasteiger partial charge in [0, 0.05) is 13.0 Å². The molecule has 1 amide bonds. The molecule has 0 aromatic carbocycles. The van der Waals surface area contributed by atoms with Gasteiger partial charge in [-0.05, 0) is 26.2 Å². The molecule has 0 bridgehead atoms. The first-order valence-electron chi connectivity index (χ1n) is 7.10. The molecule has 4 heteroatoms. The number of rotatable bonds is 7. The molecule has 0 saturated heterocycles. The number of hydrogen-bond donors (Lipinski definition) is 0. The van der Waals surface area contributed by atoms with Gasteiger partial charge >= 0.3 is 5.97 Å². The Kier molecular flexibility index (Phi) is 6.76. The van der Waals surface area contributed by atoms with Gasteiger partial charge in [-0.15, -0.1) is 0 Å². The molecule has 0 heterocycles. The highest BCUT2D eigenvalue weighted by Gasteiger charge is 2.20. The Labute approximate surface area is 110 Å². The lowest BCUT2D eigenvalue weighted by atomic mass is 10.0. The van der Waals surface area contributed by atoms with E-state index in [4.69, 9.17) is 4.74 Å². The lowest BCUT2D eigenvalue weighted by molar-refractivity contribution is -0.148. The SMILES string of the molecule is CCOC(=O)CN(CC)C(=O)CCC1CCCC1. The fourth-order valence-corrected chi connectivity index (χ4v) is 2.52. The number of ether oxygens (including phenoxy) is 1. The van der Waals surface area contributed by atoms with Gasteiger partial charge in [-0.2, -0.15) is 0 Å². The minimum Gasteiger partial charge on any atom is -0.465 e. The van der Waals surface area contributed by atoms with Crippen molar-refractivity contribution in [1.82, 2.24) is 4.90 Å². The van der Waals surface area contributed by atoms with Crippen LogP contribution in [0.3, 0.4) is 0 Å². The molecular weight excluding hydrogens is 230 g/mol. The maximum absolute atomic E-state index is 12.0. The fraction of sp³-hybridized carbons (Fsp3) is 0.857. The van der Waals surface area contributed by atoms with E-state index < -0.39 is 0 Å². The summed E-state index contributed by atoms with van der Waals surface area (Å²) in [6.07, 6.45) is 6.67. The molecule has 18 heavy (non-hydrogen) atoms. The van der Waals surface area contributed by atoms with Crippen LogP contribution in [0.25, 0.3) is 0 Å². The lowest BCUT2D eigenvalue weighted by Crippen LogP contribution is -2.36. The lowest BCUT2D eigenvalue weighted by Gasteiger charge is -2.20. The van der Waals surface area contributed by atoms with Crippen molar-refractivity contribution in [2.45, 2.75) is 52.4 Å². The molecule has 0 aliphatic heterocycles. The Balaban J connectivity index is 2.29. The molecular formula is C14H25NO3. The Hall–Kier alpha value is -1.06. The molecule has 1 aliphatic rings. The van der Waals surface area contributed by atoms with Gasteiger partial charge in [-0.25, -0.2) is 0 Å². The predicted octanol–water partition coefficient (Wildman–Crippen LogP) is 2.37. The van der Waals surface area contributed by atoms with E-state index >= 15 is 0 Å². The van der Waals surface area contributed by atoms with Crippen molar-refractivity contribution >= 4 is 11.9 Å². The molecule has 1 rings (SSSR count). The van der Waals surface area contributed by atoms with Gasteiger partial charge in [0.15, 0.2) is 0 Å². The molecule has 0 radical (unpaired) electrons. The third-order valence-electron chi connectivity index (χ3n) is 3.60. The fourth-order valence-electron chi connectivity index (χ4n) is 2.52. The third kappa shape index (κ3) is 5.07. The van der Waals surface area contributed by atoms with Gasteiger partial charge in [0.25, 0.3) is 0 Å². The highest BCUT2D eigenvalue weighted by atomic mass is 16.5. The second kappa shape index (κ2) is 8.11. The summed E-state index contributed by atoms with van der Waals surface area (Å²) in [7, 11) is 0. The van der Waals surface area contributed by atoms with E-state index in [1.165, 1.54) is 25.7 Å². The summed E-state index contributed by atoms with van der Waals surface area (Å²) in [4.78, 5) is 24.9. The Morgan fingerprint density at radius 1 is 1.22 bits per heavy atom. The van der Waals surface area contributed by atoms with Crippen LogP contribution in [0.5, 0.6) is 0 Å². The molecule has 1 aliphatic carbocycles. The summed E-state index contributed by atoms with van der Waals surface area (Å²) in [6, 6.07) is 0. The molecule has 1 saturated carbocycles. The van der Waals surface area contributed by atoms with E-state index in [0.29, 0.717) is 19.6 Å². The van der Waals surface area contributed by atoms with E-state index in [2.05, 4.69) is 0 Å². The van der Waals surface area contributed by atoms with Gasteiger partial charge in [-0.3, -0.25) is 9.59 Å². The molecule has 0 aromatic rings. The molecule has 0 N–H and O–H groups in total. The van der Waals surface area contributed by atoms with Crippen LogP contribution < -0.4 is 0 Å². The minimum absolute atomic E-state index is 0.0810. The van der Waals surface area contributed by atoms with Crippen LogP contribution in [0, 0.1) is 5.92 Å². The third-order valence-corrected chi connectivity index (χ3v) is 3.60. The second-order valence-corrected chi connectivity index (χ2v) is 4.90. The summed E-state index contributed by atoms with van der Waals surface area (Å²) >= 11 is 0. The van der Waals surface area contributed by atoms with Crippen LogP contribution in [0.2, 0.25) is 0 Å². The number of amides is 1. The zero-order chi connectivity index (χ0) is 13.4. The van der Waals surface area contributed by atoms with Crippen molar-refractivity contribution in [3.8, 4) is 0 Å². The zero-order valence-electron chi connectivity index (χ0n) is 11.6. The highest BCUT2D eigenvalue weighted by molar-refractivity contribution is 5.82. The Morgan fingerprint density at radius 2 is 1.89 bits per heavy atom. The topological polar surface area (TPSA) is 46.6 Å². The number of nitrogens with zero attached hydrogens (tertiary/aromatic N) is 1. The molecule has 1 fully saturated rings.